The van der Waals surface area contributed by atoms with E-state index in [1.165, 1.54) is 35.2 Å². The van der Waals surface area contributed by atoms with Gasteiger partial charge in [0.15, 0.2) is 0 Å². The first kappa shape index (κ1) is 38.8. The zero-order valence-electron chi connectivity index (χ0n) is 27.2. The molecule has 52 heavy (non-hydrogen) atoms. The number of morpholine rings is 1. The molecule has 3 aromatic rings. The predicted octanol–water partition coefficient (Wildman–Crippen LogP) is 6.96. The maximum Gasteiger partial charge on any atom is 0.416 e. The van der Waals surface area contributed by atoms with E-state index in [-0.39, 0.29) is 63.7 Å². The van der Waals surface area contributed by atoms with Gasteiger partial charge >= 0.3 is 18.3 Å². The van der Waals surface area contributed by atoms with Gasteiger partial charge in [-0.15, -0.1) is 0 Å². The van der Waals surface area contributed by atoms with Gasteiger partial charge in [0.2, 0.25) is 5.91 Å². The van der Waals surface area contributed by atoms with Gasteiger partial charge in [-0.3, -0.25) is 24.2 Å². The summed E-state index contributed by atoms with van der Waals surface area (Å²) in [5.41, 5.74) is -2.20. The lowest BCUT2D eigenvalue weighted by molar-refractivity contribution is -0.143. The van der Waals surface area contributed by atoms with E-state index in [0.717, 1.165) is 11.8 Å². The van der Waals surface area contributed by atoms with Crippen molar-refractivity contribution in [2.45, 2.75) is 25.2 Å². The highest BCUT2D eigenvalue weighted by Gasteiger charge is 2.37. The number of amides is 2. The summed E-state index contributed by atoms with van der Waals surface area (Å²) in [5, 5.41) is 11.7. The Balaban J connectivity index is 1.38. The molecule has 0 spiro atoms. The van der Waals surface area contributed by atoms with E-state index in [1.54, 1.807) is 18.2 Å². The van der Waals surface area contributed by atoms with Crippen molar-refractivity contribution in [3.05, 3.63) is 87.8 Å². The second-order valence-corrected chi connectivity index (χ2v) is 13.4. The summed E-state index contributed by atoms with van der Waals surface area (Å²) in [6, 6.07) is 11.7. The van der Waals surface area contributed by atoms with Crippen molar-refractivity contribution in [1.82, 2.24) is 9.80 Å². The Kier molecular flexibility index (Phi) is 12.3. The van der Waals surface area contributed by atoms with Crippen LogP contribution in [0.25, 0.3) is 17.2 Å². The van der Waals surface area contributed by atoms with Crippen LogP contribution in [0.5, 0.6) is 5.75 Å². The molecule has 2 aliphatic rings. The Bertz CT molecular complexity index is 1850. The van der Waals surface area contributed by atoms with Gasteiger partial charge in [0.25, 0.3) is 5.91 Å². The molecule has 2 amide bonds. The minimum absolute atomic E-state index is 0.0166. The molecular weight excluding hydrogens is 737 g/mol. The number of halogens is 6. The molecule has 3 aromatic carbocycles. The van der Waals surface area contributed by atoms with E-state index < -0.39 is 41.3 Å². The molecule has 0 atom stereocenters. The monoisotopic (exact) mass is 767 g/mol. The topological polar surface area (TPSA) is 108 Å². The van der Waals surface area contributed by atoms with Crippen LogP contribution in [0.15, 0.2) is 65.6 Å². The molecule has 0 aromatic heterocycles. The number of thioether (sulfide) groups is 1. The summed E-state index contributed by atoms with van der Waals surface area (Å²) in [5.74, 6) is -1.83. The van der Waals surface area contributed by atoms with Crippen LogP contribution >= 0.6 is 24.0 Å². The lowest BCUT2D eigenvalue weighted by atomic mass is 9.97. The van der Waals surface area contributed by atoms with Crippen LogP contribution in [0.3, 0.4) is 0 Å². The summed E-state index contributed by atoms with van der Waals surface area (Å²) >= 11 is 6.32. The maximum absolute atomic E-state index is 13.6. The van der Waals surface area contributed by atoms with Crippen molar-refractivity contribution >= 4 is 57.8 Å². The molecule has 2 heterocycles. The Morgan fingerprint density at radius 2 is 1.63 bits per heavy atom. The Morgan fingerprint density at radius 3 is 2.29 bits per heavy atom. The van der Waals surface area contributed by atoms with Crippen LogP contribution < -0.4 is 10.1 Å². The number of hydrogen-bond acceptors (Lipinski definition) is 8. The third-order valence-electron chi connectivity index (χ3n) is 7.99. The number of aliphatic carboxylic acids is 1. The number of anilines is 1. The SMILES string of the molecule is O=C(O)Cc1cccc(NC(=O)CCN2C(=O)/C(=C/c3cc(-c4cc(C(F)(F)F)cc(C(F)(F)F)c4)ccc3OCCN3CCOCC3)SC2=S)c1. The predicted molar refractivity (Wildman–Crippen MR) is 186 cm³/mol. The largest absolute Gasteiger partial charge is 0.492 e. The van der Waals surface area contributed by atoms with Crippen molar-refractivity contribution in [2.24, 2.45) is 0 Å². The van der Waals surface area contributed by atoms with Crippen molar-refractivity contribution in [3.63, 3.8) is 0 Å². The quantitative estimate of drug-likeness (QED) is 0.115. The highest BCUT2D eigenvalue weighted by Crippen LogP contribution is 2.40. The molecule has 0 unspecified atom stereocenters. The summed E-state index contributed by atoms with van der Waals surface area (Å²) in [7, 11) is 0. The van der Waals surface area contributed by atoms with E-state index in [4.69, 9.17) is 26.8 Å². The zero-order valence-corrected chi connectivity index (χ0v) is 28.8. The first-order valence-electron chi connectivity index (χ1n) is 15.8. The number of hydrogen-bond donors (Lipinski definition) is 2. The van der Waals surface area contributed by atoms with Gasteiger partial charge in [0.05, 0.1) is 35.7 Å². The fourth-order valence-corrected chi connectivity index (χ4v) is 6.71. The molecule has 2 saturated heterocycles. The maximum atomic E-state index is 13.6. The van der Waals surface area contributed by atoms with Gasteiger partial charge in [-0.25, -0.2) is 0 Å². The van der Waals surface area contributed by atoms with Crippen molar-refractivity contribution in [2.75, 3.05) is 51.3 Å². The fraction of sp³-hybridized carbons (Fsp3) is 0.314. The fourth-order valence-electron chi connectivity index (χ4n) is 5.41. The highest BCUT2D eigenvalue weighted by molar-refractivity contribution is 8.26. The second kappa shape index (κ2) is 16.5. The van der Waals surface area contributed by atoms with E-state index in [1.807, 2.05) is 0 Å². The first-order valence-corrected chi connectivity index (χ1v) is 17.0. The van der Waals surface area contributed by atoms with Crippen LogP contribution in [-0.4, -0.2) is 83.0 Å². The lowest BCUT2D eigenvalue weighted by Gasteiger charge is -2.26. The Morgan fingerprint density at radius 1 is 0.942 bits per heavy atom. The molecule has 2 aliphatic heterocycles. The van der Waals surface area contributed by atoms with Gasteiger partial charge in [-0.1, -0.05) is 42.2 Å². The summed E-state index contributed by atoms with van der Waals surface area (Å²) < 4.78 is 93.4. The minimum Gasteiger partial charge on any atom is -0.492 e. The van der Waals surface area contributed by atoms with Crippen molar-refractivity contribution < 1.29 is 55.3 Å². The minimum atomic E-state index is -5.04. The van der Waals surface area contributed by atoms with Gasteiger partial charge in [-0.05, 0) is 65.2 Å². The Labute approximate surface area is 303 Å². The molecular formula is C35H31F6N3O6S2. The van der Waals surface area contributed by atoms with E-state index >= 15 is 0 Å². The summed E-state index contributed by atoms with van der Waals surface area (Å²) in [6.07, 6.45) is -9.08. The molecule has 0 radical (unpaired) electrons. The van der Waals surface area contributed by atoms with Crippen LogP contribution in [0, 0.1) is 0 Å². The molecule has 17 heteroatoms. The molecule has 9 nitrogen and oxygen atoms in total. The molecule has 0 aliphatic carbocycles. The van der Waals surface area contributed by atoms with Crippen molar-refractivity contribution in [1.29, 1.82) is 0 Å². The third kappa shape index (κ3) is 10.3. The molecule has 2 fully saturated rings. The molecule has 0 bridgehead atoms. The summed E-state index contributed by atoms with van der Waals surface area (Å²) in [6.45, 7) is 3.09. The van der Waals surface area contributed by atoms with Gasteiger partial charge in [-0.2, -0.15) is 26.3 Å². The van der Waals surface area contributed by atoms with Gasteiger partial charge in [0.1, 0.15) is 16.7 Å². The third-order valence-corrected chi connectivity index (χ3v) is 9.37. The van der Waals surface area contributed by atoms with Gasteiger partial charge < -0.3 is 19.9 Å². The van der Waals surface area contributed by atoms with Crippen LogP contribution in [-0.2, 0) is 37.9 Å². The number of alkyl halides is 6. The lowest BCUT2D eigenvalue weighted by Crippen LogP contribution is -2.38. The zero-order chi connectivity index (χ0) is 37.6. The molecule has 5 rings (SSSR count). The number of ether oxygens (including phenoxy) is 2. The van der Waals surface area contributed by atoms with Crippen LogP contribution in [0.4, 0.5) is 32.0 Å². The van der Waals surface area contributed by atoms with E-state index in [2.05, 4.69) is 10.2 Å². The smallest absolute Gasteiger partial charge is 0.416 e. The number of nitrogens with zero attached hydrogens (tertiary/aromatic N) is 2. The highest BCUT2D eigenvalue weighted by atomic mass is 32.2. The van der Waals surface area contributed by atoms with Crippen LogP contribution in [0.1, 0.15) is 28.7 Å². The number of carbonyl (C=O) groups excluding carboxylic acids is 2. The molecule has 0 saturated carbocycles. The number of carboxylic acids is 1. The first-order chi connectivity index (χ1) is 24.6. The number of rotatable bonds is 12. The number of thiocarbonyl (C=S) groups is 1. The summed E-state index contributed by atoms with van der Waals surface area (Å²) in [4.78, 5) is 40.6. The second-order valence-electron chi connectivity index (χ2n) is 11.8. The Hall–Kier alpha value is -4.45. The van der Waals surface area contributed by atoms with Gasteiger partial charge in [0, 0.05) is 43.9 Å². The standard InChI is InChI=1S/C35H31F6N3O6S2/c36-34(37,38)25-17-23(18-26(20-25)35(39,40)41)22-4-5-28(50-13-10-43-8-11-49-12-9-43)24(16-22)19-29-32(48)44(33(51)52-29)7-6-30(45)42-27-3-1-2-21(14-27)15-31(46)47/h1-5,14,16-20H,6-13,15H2,(H,42,45)(H,46,47)/b29-19-. The number of nitrogens with one attached hydrogen (secondary N) is 1. The van der Waals surface area contributed by atoms with E-state index in [0.29, 0.717) is 56.2 Å². The van der Waals surface area contributed by atoms with E-state index in [9.17, 15) is 40.7 Å². The number of carbonyl (C=O) groups is 3. The average Bonchev–Trinajstić information content (AvgIpc) is 3.34. The number of benzene rings is 3. The number of carboxylic acid groups (broad SMARTS) is 1. The normalized spacial score (nSPS) is 16.4. The van der Waals surface area contributed by atoms with Crippen LogP contribution in [0.2, 0.25) is 0 Å². The molecule has 276 valence electrons. The average molecular weight is 768 g/mol. The van der Waals surface area contributed by atoms with Crippen molar-refractivity contribution in [3.8, 4) is 16.9 Å². The molecule has 2 N–H and O–H groups in total.